The van der Waals surface area contributed by atoms with E-state index in [2.05, 4.69) is 31.0 Å². The summed E-state index contributed by atoms with van der Waals surface area (Å²) in [6.07, 6.45) is 0. The Balaban J connectivity index is 2.29. The number of fused-ring (bicyclic) bond motifs is 1. The van der Waals surface area contributed by atoms with Gasteiger partial charge in [-0.2, -0.15) is 0 Å². The lowest BCUT2D eigenvalue weighted by Crippen LogP contribution is -1.97. The normalized spacial score (nSPS) is 11.0. The smallest absolute Gasteiger partial charge is 0.335 e. The Kier molecular flexibility index (Phi) is 3.01. The van der Waals surface area contributed by atoms with Crippen molar-refractivity contribution in [2.24, 2.45) is 7.05 Å². The third kappa shape index (κ3) is 2.09. The van der Waals surface area contributed by atoms with Gasteiger partial charge < -0.3 is 9.67 Å². The lowest BCUT2D eigenvalue weighted by atomic mass is 10.0. The fraction of sp³-hybridized carbons (Fsp3) is 0.176. The molecule has 0 atom stereocenters. The molecule has 0 saturated carbocycles. The van der Waals surface area contributed by atoms with Crippen LogP contribution in [0.2, 0.25) is 0 Å². The third-order valence-electron chi connectivity index (χ3n) is 3.83. The molecule has 0 radical (unpaired) electrons. The molecule has 2 aromatic carbocycles. The Morgan fingerprint density at radius 2 is 1.81 bits per heavy atom. The average Bonchev–Trinajstić information content (AvgIpc) is 2.75. The van der Waals surface area contributed by atoms with Crippen molar-refractivity contribution < 1.29 is 9.90 Å². The zero-order valence-corrected chi connectivity index (χ0v) is 12.2. The van der Waals surface area contributed by atoms with E-state index < -0.39 is 5.97 Å². The summed E-state index contributed by atoms with van der Waals surface area (Å²) < 4.78 is 2.01. The first-order valence-electron chi connectivity index (χ1n) is 6.75. The number of nitrogens with zero attached hydrogens (tertiary/aromatic N) is 2. The summed E-state index contributed by atoms with van der Waals surface area (Å²) in [6, 6.07) is 11.2. The van der Waals surface area contributed by atoms with E-state index in [9.17, 15) is 4.79 Å². The summed E-state index contributed by atoms with van der Waals surface area (Å²) in [5.41, 5.74) is 5.31. The van der Waals surface area contributed by atoms with Gasteiger partial charge in [-0.3, -0.25) is 0 Å². The standard InChI is InChI=1S/C17H16N2O2/c1-10-5-4-6-11(2)15(10)16-18-13-9-12(17(20)21)7-8-14(13)19(16)3/h4-9H,1-3H3,(H,20,21). The number of carbonyl (C=O) groups is 1. The topological polar surface area (TPSA) is 55.1 Å². The van der Waals surface area contributed by atoms with Gasteiger partial charge in [0.2, 0.25) is 0 Å². The van der Waals surface area contributed by atoms with Crippen molar-refractivity contribution in [2.75, 3.05) is 0 Å². The summed E-state index contributed by atoms with van der Waals surface area (Å²) in [7, 11) is 1.96. The van der Waals surface area contributed by atoms with E-state index in [1.165, 1.54) is 0 Å². The van der Waals surface area contributed by atoms with Crippen LogP contribution in [-0.2, 0) is 7.05 Å². The first kappa shape index (κ1) is 13.4. The lowest BCUT2D eigenvalue weighted by molar-refractivity contribution is 0.0697. The number of carboxylic acids is 1. The van der Waals surface area contributed by atoms with Crippen molar-refractivity contribution in [3.63, 3.8) is 0 Å². The Morgan fingerprint density at radius 3 is 2.43 bits per heavy atom. The zero-order chi connectivity index (χ0) is 15.1. The van der Waals surface area contributed by atoms with Crippen LogP contribution >= 0.6 is 0 Å². The summed E-state index contributed by atoms with van der Waals surface area (Å²) in [5, 5.41) is 9.09. The summed E-state index contributed by atoms with van der Waals surface area (Å²) in [4.78, 5) is 15.7. The maximum Gasteiger partial charge on any atom is 0.335 e. The van der Waals surface area contributed by atoms with Crippen LogP contribution in [0.4, 0.5) is 0 Å². The van der Waals surface area contributed by atoms with Crippen LogP contribution in [-0.4, -0.2) is 20.6 Å². The van der Waals surface area contributed by atoms with Gasteiger partial charge in [-0.15, -0.1) is 0 Å². The number of aromatic nitrogens is 2. The van der Waals surface area contributed by atoms with E-state index in [0.717, 1.165) is 28.0 Å². The van der Waals surface area contributed by atoms with Gasteiger partial charge in [-0.1, -0.05) is 18.2 Å². The first-order valence-corrected chi connectivity index (χ1v) is 6.75. The highest BCUT2D eigenvalue weighted by molar-refractivity contribution is 5.93. The summed E-state index contributed by atoms with van der Waals surface area (Å²) in [6.45, 7) is 4.12. The molecule has 3 aromatic rings. The van der Waals surface area contributed by atoms with Gasteiger partial charge in [0.05, 0.1) is 16.6 Å². The lowest BCUT2D eigenvalue weighted by Gasteiger charge is -2.09. The minimum absolute atomic E-state index is 0.258. The Bertz CT molecular complexity index is 842. The van der Waals surface area contributed by atoms with Crippen LogP contribution in [0.5, 0.6) is 0 Å². The molecule has 3 rings (SSSR count). The second kappa shape index (κ2) is 4.74. The van der Waals surface area contributed by atoms with E-state index in [1.54, 1.807) is 12.1 Å². The van der Waals surface area contributed by atoms with Crippen molar-refractivity contribution in [3.05, 3.63) is 53.1 Å². The first-order chi connectivity index (χ1) is 9.99. The van der Waals surface area contributed by atoms with E-state index in [1.807, 2.05) is 23.7 Å². The van der Waals surface area contributed by atoms with Gasteiger partial charge in [0, 0.05) is 12.6 Å². The number of hydrogen-bond acceptors (Lipinski definition) is 2. The molecular formula is C17H16N2O2. The van der Waals surface area contributed by atoms with Gasteiger partial charge in [0.25, 0.3) is 0 Å². The predicted octanol–water partition coefficient (Wildman–Crippen LogP) is 3.56. The van der Waals surface area contributed by atoms with Gasteiger partial charge in [0.1, 0.15) is 5.82 Å². The molecule has 106 valence electrons. The molecule has 0 aliphatic rings. The number of hydrogen-bond donors (Lipinski definition) is 1. The van der Waals surface area contributed by atoms with Crippen LogP contribution in [0.3, 0.4) is 0 Å². The molecule has 4 heteroatoms. The molecule has 0 saturated heterocycles. The van der Waals surface area contributed by atoms with Crippen LogP contribution in [0.25, 0.3) is 22.4 Å². The van der Waals surface area contributed by atoms with Crippen LogP contribution in [0.15, 0.2) is 36.4 Å². The highest BCUT2D eigenvalue weighted by Crippen LogP contribution is 2.29. The van der Waals surface area contributed by atoms with E-state index in [-0.39, 0.29) is 5.56 Å². The third-order valence-corrected chi connectivity index (χ3v) is 3.83. The number of carboxylic acid groups (broad SMARTS) is 1. The van der Waals surface area contributed by atoms with Crippen LogP contribution in [0, 0.1) is 13.8 Å². The molecule has 1 N–H and O–H groups in total. The van der Waals surface area contributed by atoms with E-state index in [4.69, 9.17) is 5.11 Å². The monoisotopic (exact) mass is 280 g/mol. The molecule has 0 unspecified atom stereocenters. The molecule has 0 amide bonds. The minimum Gasteiger partial charge on any atom is -0.478 e. The van der Waals surface area contributed by atoms with E-state index >= 15 is 0 Å². The van der Waals surface area contributed by atoms with Gasteiger partial charge in [-0.05, 0) is 43.2 Å². The highest BCUT2D eigenvalue weighted by atomic mass is 16.4. The minimum atomic E-state index is -0.934. The maximum absolute atomic E-state index is 11.1. The van der Waals surface area contributed by atoms with Gasteiger partial charge >= 0.3 is 5.97 Å². The van der Waals surface area contributed by atoms with Crippen molar-refractivity contribution in [3.8, 4) is 11.4 Å². The fourth-order valence-electron chi connectivity index (χ4n) is 2.72. The number of benzene rings is 2. The SMILES string of the molecule is Cc1cccc(C)c1-c1nc2cc(C(=O)O)ccc2n1C. The summed E-state index contributed by atoms with van der Waals surface area (Å²) in [5.74, 6) is -0.0701. The molecule has 0 aliphatic carbocycles. The van der Waals surface area contributed by atoms with Crippen molar-refractivity contribution in [2.45, 2.75) is 13.8 Å². The Morgan fingerprint density at radius 1 is 1.14 bits per heavy atom. The predicted molar refractivity (Wildman–Crippen MR) is 82.6 cm³/mol. The van der Waals surface area contributed by atoms with Crippen molar-refractivity contribution in [1.82, 2.24) is 9.55 Å². The molecule has 21 heavy (non-hydrogen) atoms. The molecule has 1 aromatic heterocycles. The maximum atomic E-state index is 11.1. The van der Waals surface area contributed by atoms with Gasteiger partial charge in [0.15, 0.2) is 0 Å². The fourth-order valence-corrected chi connectivity index (χ4v) is 2.72. The van der Waals surface area contributed by atoms with Crippen LogP contribution < -0.4 is 0 Å². The molecule has 1 heterocycles. The number of rotatable bonds is 2. The molecule has 0 aliphatic heterocycles. The molecule has 0 fully saturated rings. The molecule has 0 bridgehead atoms. The average molecular weight is 280 g/mol. The second-order valence-electron chi connectivity index (χ2n) is 5.27. The number of aryl methyl sites for hydroxylation is 3. The largest absolute Gasteiger partial charge is 0.478 e. The zero-order valence-electron chi connectivity index (χ0n) is 12.2. The molecule has 0 spiro atoms. The highest BCUT2D eigenvalue weighted by Gasteiger charge is 2.15. The number of aromatic carboxylic acids is 1. The van der Waals surface area contributed by atoms with Crippen LogP contribution in [0.1, 0.15) is 21.5 Å². The number of imidazole rings is 1. The van der Waals surface area contributed by atoms with E-state index in [0.29, 0.717) is 5.52 Å². The van der Waals surface area contributed by atoms with Gasteiger partial charge in [-0.25, -0.2) is 9.78 Å². The van der Waals surface area contributed by atoms with Crippen molar-refractivity contribution in [1.29, 1.82) is 0 Å². The molecular weight excluding hydrogens is 264 g/mol. The summed E-state index contributed by atoms with van der Waals surface area (Å²) >= 11 is 0. The Hall–Kier alpha value is -2.62. The van der Waals surface area contributed by atoms with Crippen molar-refractivity contribution >= 4 is 17.0 Å². The second-order valence-corrected chi connectivity index (χ2v) is 5.27. The Labute approximate surface area is 122 Å². The quantitative estimate of drug-likeness (QED) is 0.781. The molecule has 4 nitrogen and oxygen atoms in total.